The summed E-state index contributed by atoms with van der Waals surface area (Å²) in [5, 5.41) is 2.76. The molecule has 110 valence electrons. The number of amides is 1. The standard InChI is InChI=1S/C14H20N2O4/c1-3-11(4-2)15-12(17)10-20-14(19)9-16-8-6-5-7-13(16)18/h5-8,11H,3-4,9-10H2,1-2H3,(H,15,17). The molecular weight excluding hydrogens is 260 g/mol. The number of rotatable bonds is 7. The Kier molecular flexibility index (Phi) is 6.49. The molecule has 0 aliphatic carbocycles. The van der Waals surface area contributed by atoms with Gasteiger partial charge in [-0.05, 0) is 18.9 Å². The van der Waals surface area contributed by atoms with E-state index in [4.69, 9.17) is 4.74 Å². The lowest BCUT2D eigenvalue weighted by atomic mass is 10.2. The largest absolute Gasteiger partial charge is 0.454 e. The summed E-state index contributed by atoms with van der Waals surface area (Å²) in [6.07, 6.45) is 3.15. The molecule has 1 aromatic heterocycles. The van der Waals surface area contributed by atoms with Crippen LogP contribution in [0.25, 0.3) is 0 Å². The predicted octanol–water partition coefficient (Wildman–Crippen LogP) is 0.696. The lowest BCUT2D eigenvalue weighted by molar-refractivity contribution is -0.149. The third kappa shape index (κ3) is 5.26. The molecule has 1 heterocycles. The number of aromatic nitrogens is 1. The summed E-state index contributed by atoms with van der Waals surface area (Å²) < 4.78 is 6.07. The van der Waals surface area contributed by atoms with E-state index in [-0.39, 0.29) is 30.7 Å². The number of pyridine rings is 1. The van der Waals surface area contributed by atoms with E-state index in [0.717, 1.165) is 12.8 Å². The summed E-state index contributed by atoms with van der Waals surface area (Å²) in [7, 11) is 0. The third-order valence-corrected chi connectivity index (χ3v) is 2.91. The maximum atomic E-state index is 11.5. The van der Waals surface area contributed by atoms with E-state index in [0.29, 0.717) is 0 Å². The zero-order valence-corrected chi connectivity index (χ0v) is 11.8. The molecule has 0 aliphatic heterocycles. The SMILES string of the molecule is CCC(CC)NC(=O)COC(=O)Cn1ccccc1=O. The lowest BCUT2D eigenvalue weighted by Crippen LogP contribution is -2.37. The molecule has 1 amide bonds. The Balaban J connectivity index is 2.39. The fraction of sp³-hybridized carbons (Fsp3) is 0.500. The van der Waals surface area contributed by atoms with Crippen LogP contribution in [0, 0.1) is 0 Å². The molecule has 0 aromatic carbocycles. The molecule has 0 atom stereocenters. The van der Waals surface area contributed by atoms with Crippen LogP contribution in [-0.2, 0) is 20.9 Å². The van der Waals surface area contributed by atoms with Crippen molar-refractivity contribution in [2.75, 3.05) is 6.61 Å². The van der Waals surface area contributed by atoms with Crippen molar-refractivity contribution in [1.82, 2.24) is 9.88 Å². The van der Waals surface area contributed by atoms with Crippen LogP contribution in [0.2, 0.25) is 0 Å². The van der Waals surface area contributed by atoms with Gasteiger partial charge in [-0.1, -0.05) is 19.9 Å². The van der Waals surface area contributed by atoms with Crippen molar-refractivity contribution in [3.8, 4) is 0 Å². The highest BCUT2D eigenvalue weighted by atomic mass is 16.5. The van der Waals surface area contributed by atoms with Gasteiger partial charge in [-0.3, -0.25) is 14.4 Å². The Bertz CT molecular complexity index is 506. The van der Waals surface area contributed by atoms with E-state index < -0.39 is 5.97 Å². The second-order valence-electron chi connectivity index (χ2n) is 4.41. The first-order valence-electron chi connectivity index (χ1n) is 6.67. The first kappa shape index (κ1) is 15.9. The first-order valence-corrected chi connectivity index (χ1v) is 6.67. The van der Waals surface area contributed by atoms with Crippen LogP contribution in [0.4, 0.5) is 0 Å². The monoisotopic (exact) mass is 280 g/mol. The molecule has 0 unspecified atom stereocenters. The normalized spacial score (nSPS) is 10.3. The van der Waals surface area contributed by atoms with Crippen LogP contribution in [0.3, 0.4) is 0 Å². The third-order valence-electron chi connectivity index (χ3n) is 2.91. The van der Waals surface area contributed by atoms with E-state index in [9.17, 15) is 14.4 Å². The van der Waals surface area contributed by atoms with E-state index in [1.165, 1.54) is 16.8 Å². The minimum absolute atomic E-state index is 0.0953. The summed E-state index contributed by atoms with van der Waals surface area (Å²) in [5.41, 5.74) is -0.286. The van der Waals surface area contributed by atoms with Crippen molar-refractivity contribution < 1.29 is 14.3 Å². The van der Waals surface area contributed by atoms with E-state index in [1.54, 1.807) is 12.1 Å². The zero-order chi connectivity index (χ0) is 15.0. The van der Waals surface area contributed by atoms with Crippen molar-refractivity contribution in [1.29, 1.82) is 0 Å². The van der Waals surface area contributed by atoms with Crippen LogP contribution in [0.5, 0.6) is 0 Å². The molecule has 20 heavy (non-hydrogen) atoms. The minimum Gasteiger partial charge on any atom is -0.454 e. The Morgan fingerprint density at radius 1 is 1.30 bits per heavy atom. The van der Waals surface area contributed by atoms with Crippen LogP contribution in [0.15, 0.2) is 29.2 Å². The molecule has 0 bridgehead atoms. The number of carbonyl (C=O) groups excluding carboxylic acids is 2. The van der Waals surface area contributed by atoms with Gasteiger partial charge in [0.15, 0.2) is 6.61 Å². The number of ether oxygens (including phenoxy) is 1. The number of hydrogen-bond donors (Lipinski definition) is 1. The fourth-order valence-corrected chi connectivity index (χ4v) is 1.68. The highest BCUT2D eigenvalue weighted by Crippen LogP contribution is 1.95. The van der Waals surface area contributed by atoms with Gasteiger partial charge < -0.3 is 14.6 Å². The van der Waals surface area contributed by atoms with Crippen LogP contribution >= 0.6 is 0 Å². The van der Waals surface area contributed by atoms with E-state index in [1.807, 2.05) is 13.8 Å². The van der Waals surface area contributed by atoms with E-state index >= 15 is 0 Å². The molecule has 6 nitrogen and oxygen atoms in total. The first-order chi connectivity index (χ1) is 9.56. The molecule has 0 aliphatic rings. The number of hydrogen-bond acceptors (Lipinski definition) is 4. The smallest absolute Gasteiger partial charge is 0.326 e. The molecular formula is C14H20N2O4. The van der Waals surface area contributed by atoms with Crippen LogP contribution in [0.1, 0.15) is 26.7 Å². The van der Waals surface area contributed by atoms with Crippen LogP contribution < -0.4 is 10.9 Å². The second kappa shape index (κ2) is 8.14. The Morgan fingerprint density at radius 3 is 2.60 bits per heavy atom. The van der Waals surface area contributed by atoms with Gasteiger partial charge in [-0.25, -0.2) is 0 Å². The zero-order valence-electron chi connectivity index (χ0n) is 11.8. The number of esters is 1. The number of carbonyl (C=O) groups is 2. The minimum atomic E-state index is -0.613. The van der Waals surface area contributed by atoms with Gasteiger partial charge in [0.25, 0.3) is 11.5 Å². The highest BCUT2D eigenvalue weighted by Gasteiger charge is 2.11. The summed E-state index contributed by atoms with van der Waals surface area (Å²) in [4.78, 5) is 34.5. The molecule has 0 fully saturated rings. The van der Waals surface area contributed by atoms with Crippen LogP contribution in [-0.4, -0.2) is 29.1 Å². The summed E-state index contributed by atoms with van der Waals surface area (Å²) in [6, 6.07) is 4.69. The van der Waals surface area contributed by atoms with Crippen molar-refractivity contribution >= 4 is 11.9 Å². The summed E-state index contributed by atoms with van der Waals surface area (Å²) >= 11 is 0. The van der Waals surface area contributed by atoms with Gasteiger partial charge in [-0.2, -0.15) is 0 Å². The molecule has 0 spiro atoms. The maximum absolute atomic E-state index is 11.5. The molecule has 0 radical (unpaired) electrons. The van der Waals surface area contributed by atoms with Crippen molar-refractivity contribution in [2.45, 2.75) is 39.3 Å². The number of nitrogens with one attached hydrogen (secondary N) is 1. The van der Waals surface area contributed by atoms with Crippen molar-refractivity contribution in [3.63, 3.8) is 0 Å². The number of nitrogens with zero attached hydrogens (tertiary/aromatic N) is 1. The average molecular weight is 280 g/mol. The Hall–Kier alpha value is -2.11. The molecule has 1 aromatic rings. The maximum Gasteiger partial charge on any atom is 0.326 e. The fourth-order valence-electron chi connectivity index (χ4n) is 1.68. The van der Waals surface area contributed by atoms with E-state index in [2.05, 4.69) is 5.32 Å². The van der Waals surface area contributed by atoms with Gasteiger partial charge in [0, 0.05) is 18.3 Å². The molecule has 0 saturated heterocycles. The van der Waals surface area contributed by atoms with Gasteiger partial charge in [0.05, 0.1) is 0 Å². The Labute approximate surface area is 117 Å². The Morgan fingerprint density at radius 2 is 2.00 bits per heavy atom. The van der Waals surface area contributed by atoms with Crippen molar-refractivity contribution in [2.24, 2.45) is 0 Å². The topological polar surface area (TPSA) is 77.4 Å². The second-order valence-corrected chi connectivity index (χ2v) is 4.41. The van der Waals surface area contributed by atoms with Gasteiger partial charge >= 0.3 is 5.97 Å². The molecule has 6 heteroatoms. The summed E-state index contributed by atoms with van der Waals surface area (Å²) in [5.74, 6) is -0.939. The molecule has 1 rings (SSSR count). The molecule has 0 saturated carbocycles. The summed E-state index contributed by atoms with van der Waals surface area (Å²) in [6.45, 7) is 3.43. The van der Waals surface area contributed by atoms with Gasteiger partial charge in [0.1, 0.15) is 6.54 Å². The van der Waals surface area contributed by atoms with Crippen molar-refractivity contribution in [3.05, 3.63) is 34.7 Å². The average Bonchev–Trinajstić information content (AvgIpc) is 2.45. The molecule has 1 N–H and O–H groups in total. The van der Waals surface area contributed by atoms with Gasteiger partial charge in [0.2, 0.25) is 0 Å². The lowest BCUT2D eigenvalue weighted by Gasteiger charge is -2.14. The predicted molar refractivity (Wildman–Crippen MR) is 74.2 cm³/mol. The quantitative estimate of drug-likeness (QED) is 0.746. The highest BCUT2D eigenvalue weighted by molar-refractivity contribution is 5.80. The van der Waals surface area contributed by atoms with Gasteiger partial charge in [-0.15, -0.1) is 0 Å².